The fraction of sp³-hybridized carbons (Fsp3) is 0.167. The number of rotatable bonds is 2. The maximum absolute atomic E-state index is 11.5. The van der Waals surface area contributed by atoms with Crippen molar-refractivity contribution >= 4 is 26.5 Å². The van der Waals surface area contributed by atoms with E-state index in [9.17, 15) is 9.90 Å². The number of carboxylic acids is 1. The molecule has 2 nitrogen and oxygen atoms in total. The molecule has 0 aromatic heterocycles. The summed E-state index contributed by atoms with van der Waals surface area (Å²) in [4.78, 5) is 13.7. The third-order valence-electron chi connectivity index (χ3n) is 3.71. The first kappa shape index (κ1) is 14.1. The summed E-state index contributed by atoms with van der Waals surface area (Å²) >= 11 is 0.116. The van der Waals surface area contributed by atoms with Gasteiger partial charge < -0.3 is 0 Å². The van der Waals surface area contributed by atoms with E-state index >= 15 is 0 Å². The molecule has 3 heteroatoms. The third kappa shape index (κ3) is 2.67. The Morgan fingerprint density at radius 3 is 2.38 bits per heavy atom. The Bertz CT molecular complexity index is 729. The number of benzene rings is 2. The summed E-state index contributed by atoms with van der Waals surface area (Å²) in [6, 6.07) is 14.7. The first-order chi connectivity index (χ1) is 10.1. The molecule has 1 N–H and O–H groups in total. The van der Waals surface area contributed by atoms with Gasteiger partial charge in [0.15, 0.2) is 0 Å². The second-order valence-electron chi connectivity index (χ2n) is 5.35. The third-order valence-corrected chi connectivity index (χ3v) is 6.17. The molecule has 2 aromatic rings. The zero-order chi connectivity index (χ0) is 15.0. The van der Waals surface area contributed by atoms with Gasteiger partial charge in [0, 0.05) is 0 Å². The number of carboxylic acid groups (broad SMARTS) is 1. The van der Waals surface area contributed by atoms with Crippen molar-refractivity contribution in [3.05, 3.63) is 75.3 Å². The molecule has 106 valence electrons. The van der Waals surface area contributed by atoms with Crippen molar-refractivity contribution < 1.29 is 9.90 Å². The van der Waals surface area contributed by atoms with E-state index in [2.05, 4.69) is 43.3 Å². The topological polar surface area (TPSA) is 37.3 Å². The van der Waals surface area contributed by atoms with Gasteiger partial charge in [0.05, 0.1) is 0 Å². The van der Waals surface area contributed by atoms with Gasteiger partial charge in [0.1, 0.15) is 0 Å². The second kappa shape index (κ2) is 5.51. The van der Waals surface area contributed by atoms with E-state index in [4.69, 9.17) is 0 Å². The summed E-state index contributed by atoms with van der Waals surface area (Å²) in [6.07, 6.45) is 0. The van der Waals surface area contributed by atoms with Crippen LogP contribution in [0, 0.1) is 13.8 Å². The van der Waals surface area contributed by atoms with Crippen molar-refractivity contribution in [3.63, 3.8) is 0 Å². The van der Waals surface area contributed by atoms with Crippen LogP contribution < -0.4 is 0 Å². The van der Waals surface area contributed by atoms with E-state index < -0.39 is 5.97 Å². The van der Waals surface area contributed by atoms with Crippen molar-refractivity contribution in [2.75, 3.05) is 0 Å². The molecule has 3 rings (SSSR count). The van der Waals surface area contributed by atoms with Crippen LogP contribution >= 0.6 is 0 Å². The van der Waals surface area contributed by atoms with Crippen molar-refractivity contribution in [2.24, 2.45) is 0 Å². The average Bonchev–Trinajstić information content (AvgIpc) is 2.46. The summed E-state index contributed by atoms with van der Waals surface area (Å²) in [5.74, 6) is -0.828. The van der Waals surface area contributed by atoms with E-state index in [-0.39, 0.29) is 15.0 Å². The monoisotopic (exact) mass is 344 g/mol. The standard InChI is InChI=1S/C18H16O2Se/c1-11-3-6-13(7-4-11)17-14-8-5-12(2)9-15(14)16(10-21-17)18(19)20/h3-10,17H,1-2H3,(H,19,20). The maximum atomic E-state index is 11.5. The zero-order valence-corrected chi connectivity index (χ0v) is 13.7. The van der Waals surface area contributed by atoms with Crippen LogP contribution in [0.5, 0.6) is 0 Å². The molecular weight excluding hydrogens is 327 g/mol. The number of carbonyl (C=O) groups is 1. The van der Waals surface area contributed by atoms with Crippen molar-refractivity contribution in [1.82, 2.24) is 0 Å². The van der Waals surface area contributed by atoms with E-state index in [0.29, 0.717) is 10.4 Å². The van der Waals surface area contributed by atoms with Crippen LogP contribution in [0.25, 0.3) is 5.57 Å². The molecule has 0 fully saturated rings. The van der Waals surface area contributed by atoms with Gasteiger partial charge in [-0.3, -0.25) is 0 Å². The Morgan fingerprint density at radius 1 is 1.05 bits per heavy atom. The Labute approximate surface area is 130 Å². The Morgan fingerprint density at radius 2 is 1.71 bits per heavy atom. The molecule has 21 heavy (non-hydrogen) atoms. The Kier molecular flexibility index (Phi) is 3.71. The van der Waals surface area contributed by atoms with E-state index in [1.54, 1.807) is 0 Å². The Hall–Kier alpha value is -1.83. The molecular formula is C18H16O2Se. The molecule has 0 bridgehead atoms. The van der Waals surface area contributed by atoms with Crippen LogP contribution in [0.2, 0.25) is 0 Å². The van der Waals surface area contributed by atoms with Crippen LogP contribution in [0.1, 0.15) is 32.6 Å². The molecule has 1 atom stereocenters. The van der Waals surface area contributed by atoms with Crippen molar-refractivity contribution in [3.8, 4) is 0 Å². The van der Waals surface area contributed by atoms with Gasteiger partial charge >= 0.3 is 130 Å². The summed E-state index contributed by atoms with van der Waals surface area (Å²) in [6.45, 7) is 4.08. The number of hydrogen-bond donors (Lipinski definition) is 1. The van der Waals surface area contributed by atoms with Crippen molar-refractivity contribution in [2.45, 2.75) is 18.7 Å². The van der Waals surface area contributed by atoms with E-state index in [0.717, 1.165) is 16.7 Å². The molecule has 0 amide bonds. The second-order valence-corrected chi connectivity index (χ2v) is 7.41. The predicted molar refractivity (Wildman–Crippen MR) is 85.6 cm³/mol. The SMILES string of the molecule is Cc1ccc(C2[Se]C=C(C(=O)O)c3cc(C)ccc32)cc1. The normalized spacial score (nSPS) is 17.0. The summed E-state index contributed by atoms with van der Waals surface area (Å²) < 4.78 is 0. The minimum absolute atomic E-state index is 0.116. The number of hydrogen-bond acceptors (Lipinski definition) is 1. The van der Waals surface area contributed by atoms with E-state index in [1.807, 2.05) is 18.0 Å². The zero-order valence-electron chi connectivity index (χ0n) is 12.0. The fourth-order valence-corrected chi connectivity index (χ4v) is 5.02. The molecule has 0 saturated heterocycles. The summed E-state index contributed by atoms with van der Waals surface area (Å²) in [7, 11) is 0. The van der Waals surface area contributed by atoms with Crippen LogP contribution in [-0.2, 0) is 4.79 Å². The molecule has 0 saturated carbocycles. The van der Waals surface area contributed by atoms with Gasteiger partial charge in [-0.15, -0.1) is 0 Å². The number of aliphatic carboxylic acids is 1. The van der Waals surface area contributed by atoms with Crippen molar-refractivity contribution in [1.29, 1.82) is 0 Å². The Balaban J connectivity index is 2.12. The molecule has 0 spiro atoms. The van der Waals surface area contributed by atoms with Gasteiger partial charge in [-0.1, -0.05) is 0 Å². The molecule has 1 unspecified atom stereocenters. The first-order valence-corrected chi connectivity index (χ1v) is 8.80. The molecule has 0 radical (unpaired) electrons. The van der Waals surface area contributed by atoms with Gasteiger partial charge in [-0.25, -0.2) is 0 Å². The number of aryl methyl sites for hydroxylation is 2. The predicted octanol–water partition coefficient (Wildman–Crippen LogP) is 3.54. The average molecular weight is 343 g/mol. The quantitative estimate of drug-likeness (QED) is 0.847. The molecule has 0 aliphatic carbocycles. The van der Waals surface area contributed by atoms with E-state index in [1.165, 1.54) is 11.1 Å². The van der Waals surface area contributed by atoms with Gasteiger partial charge in [0.25, 0.3) is 0 Å². The molecule has 1 aliphatic heterocycles. The van der Waals surface area contributed by atoms with Gasteiger partial charge in [-0.2, -0.15) is 0 Å². The van der Waals surface area contributed by atoms with Crippen LogP contribution in [0.3, 0.4) is 0 Å². The van der Waals surface area contributed by atoms with Crippen LogP contribution in [-0.4, -0.2) is 26.0 Å². The van der Waals surface area contributed by atoms with Gasteiger partial charge in [0.2, 0.25) is 0 Å². The summed E-state index contributed by atoms with van der Waals surface area (Å²) in [5, 5.41) is 9.41. The fourth-order valence-electron chi connectivity index (χ4n) is 2.57. The first-order valence-electron chi connectivity index (χ1n) is 6.82. The number of fused-ring (bicyclic) bond motifs is 1. The summed E-state index contributed by atoms with van der Waals surface area (Å²) in [5.41, 5.74) is 6.08. The van der Waals surface area contributed by atoms with Crippen LogP contribution in [0.15, 0.2) is 47.4 Å². The van der Waals surface area contributed by atoms with Crippen LogP contribution in [0.4, 0.5) is 0 Å². The molecule has 2 aromatic carbocycles. The minimum atomic E-state index is -0.828. The molecule has 1 heterocycles. The molecule has 1 aliphatic rings. The van der Waals surface area contributed by atoms with Gasteiger partial charge in [-0.05, 0) is 0 Å².